The van der Waals surface area contributed by atoms with Crippen molar-refractivity contribution < 1.29 is 0 Å². The van der Waals surface area contributed by atoms with Crippen molar-refractivity contribution >= 4 is 5.96 Å². The first-order valence-electron chi connectivity index (χ1n) is 9.21. The molecule has 0 saturated heterocycles. The molecule has 6 heteroatoms. The third-order valence-corrected chi connectivity index (χ3v) is 4.14. The molecule has 2 aromatic heterocycles. The van der Waals surface area contributed by atoms with Crippen LogP contribution in [0.25, 0.3) is 5.69 Å². The Kier molecular flexibility index (Phi) is 6.20. The van der Waals surface area contributed by atoms with Gasteiger partial charge in [-0.25, -0.2) is 9.67 Å². The second-order valence-corrected chi connectivity index (χ2v) is 6.34. The van der Waals surface area contributed by atoms with E-state index in [9.17, 15) is 0 Å². The summed E-state index contributed by atoms with van der Waals surface area (Å²) in [4.78, 5) is 9.08. The first-order valence-corrected chi connectivity index (χ1v) is 9.21. The van der Waals surface area contributed by atoms with Gasteiger partial charge in [0.2, 0.25) is 0 Å². The van der Waals surface area contributed by atoms with E-state index in [4.69, 9.17) is 4.99 Å². The highest BCUT2D eigenvalue weighted by Crippen LogP contribution is 2.17. The molecule has 2 N–H and O–H groups in total. The van der Waals surface area contributed by atoms with Crippen LogP contribution in [0.3, 0.4) is 0 Å². The molecule has 0 bridgehead atoms. The summed E-state index contributed by atoms with van der Waals surface area (Å²) < 4.78 is 1.98. The molecular formula is C21H26N6. The highest BCUT2D eigenvalue weighted by molar-refractivity contribution is 5.79. The smallest absolute Gasteiger partial charge is 0.191 e. The molecule has 0 spiro atoms. The minimum atomic E-state index is 0.562. The maximum atomic E-state index is 4.75. The summed E-state index contributed by atoms with van der Waals surface area (Å²) in [5.41, 5.74) is 5.29. The highest BCUT2D eigenvalue weighted by atomic mass is 15.3. The molecule has 3 aromatic rings. The number of pyridine rings is 1. The van der Waals surface area contributed by atoms with Crippen molar-refractivity contribution in [1.29, 1.82) is 0 Å². The number of aliphatic imine (C=N–C) groups is 1. The van der Waals surface area contributed by atoms with Crippen molar-refractivity contribution in [2.45, 2.75) is 33.9 Å². The minimum Gasteiger partial charge on any atom is -0.357 e. The van der Waals surface area contributed by atoms with Gasteiger partial charge in [0.1, 0.15) is 0 Å². The van der Waals surface area contributed by atoms with Crippen LogP contribution in [0.15, 0.2) is 59.7 Å². The van der Waals surface area contributed by atoms with Gasteiger partial charge in [-0.1, -0.05) is 24.3 Å². The van der Waals surface area contributed by atoms with Crippen molar-refractivity contribution in [2.24, 2.45) is 4.99 Å². The van der Waals surface area contributed by atoms with Crippen molar-refractivity contribution in [3.8, 4) is 5.69 Å². The number of benzene rings is 1. The first-order chi connectivity index (χ1) is 13.2. The highest BCUT2D eigenvalue weighted by Gasteiger charge is 2.08. The van der Waals surface area contributed by atoms with Gasteiger partial charge >= 0.3 is 0 Å². The Bertz CT molecular complexity index is 898. The van der Waals surface area contributed by atoms with Crippen LogP contribution in [0.2, 0.25) is 0 Å². The van der Waals surface area contributed by atoms with E-state index in [0.717, 1.165) is 40.8 Å². The fourth-order valence-corrected chi connectivity index (χ4v) is 2.91. The number of nitrogens with zero attached hydrogens (tertiary/aromatic N) is 4. The van der Waals surface area contributed by atoms with Crippen molar-refractivity contribution in [3.05, 3.63) is 77.4 Å². The SMILES string of the molecule is CCNC(=NCc1ccccc1-n1nc(C)cc1C)NCc1ccccn1. The number of rotatable bonds is 6. The maximum Gasteiger partial charge on any atom is 0.191 e. The Balaban J connectivity index is 1.77. The Morgan fingerprint density at radius 1 is 1.07 bits per heavy atom. The second-order valence-electron chi connectivity index (χ2n) is 6.34. The lowest BCUT2D eigenvalue weighted by Crippen LogP contribution is -2.37. The lowest BCUT2D eigenvalue weighted by Gasteiger charge is -2.13. The molecule has 2 heterocycles. The Morgan fingerprint density at radius 2 is 1.89 bits per heavy atom. The largest absolute Gasteiger partial charge is 0.357 e. The zero-order valence-corrected chi connectivity index (χ0v) is 16.1. The van der Waals surface area contributed by atoms with Crippen LogP contribution in [-0.2, 0) is 13.1 Å². The first kappa shape index (κ1) is 18.6. The summed E-state index contributed by atoms with van der Waals surface area (Å²) in [6.07, 6.45) is 1.80. The third kappa shape index (κ3) is 4.94. The maximum absolute atomic E-state index is 4.75. The molecule has 0 fully saturated rings. The lowest BCUT2D eigenvalue weighted by molar-refractivity contribution is 0.791. The molecule has 1 aromatic carbocycles. The minimum absolute atomic E-state index is 0.562. The van der Waals surface area contributed by atoms with E-state index < -0.39 is 0 Å². The summed E-state index contributed by atoms with van der Waals surface area (Å²) in [5, 5.41) is 11.2. The summed E-state index contributed by atoms with van der Waals surface area (Å²) in [7, 11) is 0. The van der Waals surface area contributed by atoms with Crippen molar-refractivity contribution in [2.75, 3.05) is 6.54 Å². The van der Waals surface area contributed by atoms with Crippen LogP contribution < -0.4 is 10.6 Å². The normalized spacial score (nSPS) is 11.4. The van der Waals surface area contributed by atoms with Gasteiger partial charge in [0.05, 0.1) is 30.2 Å². The van der Waals surface area contributed by atoms with Gasteiger partial charge in [-0.2, -0.15) is 5.10 Å². The van der Waals surface area contributed by atoms with Gasteiger partial charge in [0.15, 0.2) is 5.96 Å². The standard InChI is InChI=1S/C21H26N6/c1-4-22-21(25-15-19-10-7-8-12-23-19)24-14-18-9-5-6-11-20(18)27-17(3)13-16(2)26-27/h5-13H,4,14-15H2,1-3H3,(H2,22,24,25). The fraction of sp³-hybridized carbons (Fsp3) is 0.286. The van der Waals surface area contributed by atoms with Gasteiger partial charge in [-0.3, -0.25) is 4.98 Å². The van der Waals surface area contributed by atoms with Crippen molar-refractivity contribution in [1.82, 2.24) is 25.4 Å². The van der Waals surface area contributed by atoms with Gasteiger partial charge in [0, 0.05) is 18.4 Å². The van der Waals surface area contributed by atoms with E-state index in [1.165, 1.54) is 0 Å². The monoisotopic (exact) mass is 362 g/mol. The van der Waals surface area contributed by atoms with E-state index in [1.54, 1.807) is 6.20 Å². The molecule has 140 valence electrons. The summed E-state index contributed by atoms with van der Waals surface area (Å²) in [6, 6.07) is 16.2. The van der Waals surface area contributed by atoms with Gasteiger partial charge < -0.3 is 10.6 Å². The third-order valence-electron chi connectivity index (χ3n) is 4.14. The molecule has 0 aliphatic rings. The topological polar surface area (TPSA) is 67.1 Å². The Labute approximate surface area is 160 Å². The molecule has 0 saturated carbocycles. The van der Waals surface area contributed by atoms with Crippen LogP contribution in [0.1, 0.15) is 29.6 Å². The second kappa shape index (κ2) is 8.98. The zero-order chi connectivity index (χ0) is 19.1. The number of aryl methyl sites for hydroxylation is 2. The van der Waals surface area contributed by atoms with Crippen LogP contribution in [-0.4, -0.2) is 27.3 Å². The van der Waals surface area contributed by atoms with E-state index >= 15 is 0 Å². The summed E-state index contributed by atoms with van der Waals surface area (Å²) >= 11 is 0. The van der Waals surface area contributed by atoms with Crippen LogP contribution in [0.5, 0.6) is 0 Å². The van der Waals surface area contributed by atoms with Crippen molar-refractivity contribution in [3.63, 3.8) is 0 Å². The predicted octanol–water partition coefficient (Wildman–Crippen LogP) is 3.14. The number of hydrogen-bond donors (Lipinski definition) is 2. The van der Waals surface area contributed by atoms with Gasteiger partial charge in [-0.15, -0.1) is 0 Å². The molecule has 0 amide bonds. The quantitative estimate of drug-likeness (QED) is 0.522. The zero-order valence-electron chi connectivity index (χ0n) is 16.1. The number of nitrogens with one attached hydrogen (secondary N) is 2. The summed E-state index contributed by atoms with van der Waals surface area (Å²) in [5.74, 6) is 0.770. The number of para-hydroxylation sites is 1. The van der Waals surface area contributed by atoms with Gasteiger partial charge in [0.25, 0.3) is 0 Å². The van der Waals surface area contributed by atoms with Crippen LogP contribution >= 0.6 is 0 Å². The molecule has 6 nitrogen and oxygen atoms in total. The van der Waals surface area contributed by atoms with E-state index in [2.05, 4.69) is 52.8 Å². The lowest BCUT2D eigenvalue weighted by atomic mass is 10.2. The molecule has 27 heavy (non-hydrogen) atoms. The van der Waals surface area contributed by atoms with Gasteiger partial charge in [-0.05, 0) is 50.6 Å². The average Bonchev–Trinajstić information content (AvgIpc) is 3.03. The predicted molar refractivity (Wildman–Crippen MR) is 109 cm³/mol. The number of guanidine groups is 1. The average molecular weight is 362 g/mol. The molecule has 0 aliphatic carbocycles. The summed E-state index contributed by atoms with van der Waals surface area (Å²) in [6.45, 7) is 8.13. The molecule has 0 aliphatic heterocycles. The number of aromatic nitrogens is 3. The Morgan fingerprint density at radius 3 is 2.59 bits per heavy atom. The van der Waals surface area contributed by atoms with E-state index in [-0.39, 0.29) is 0 Å². The molecule has 0 radical (unpaired) electrons. The molecule has 3 rings (SSSR count). The van der Waals surface area contributed by atoms with Crippen LogP contribution in [0, 0.1) is 13.8 Å². The number of hydrogen-bond acceptors (Lipinski definition) is 3. The van der Waals surface area contributed by atoms with E-state index in [0.29, 0.717) is 13.1 Å². The molecule has 0 atom stereocenters. The molecule has 0 unspecified atom stereocenters. The fourth-order valence-electron chi connectivity index (χ4n) is 2.91. The van der Waals surface area contributed by atoms with E-state index in [1.807, 2.05) is 41.9 Å². The Hall–Kier alpha value is -3.15. The van der Waals surface area contributed by atoms with Crippen LogP contribution in [0.4, 0.5) is 0 Å². The molecular weight excluding hydrogens is 336 g/mol.